The molecule has 6 nitrogen and oxygen atoms in total. The van der Waals surface area contributed by atoms with Crippen molar-refractivity contribution in [2.24, 2.45) is 5.92 Å². The number of imide groups is 1. The highest BCUT2D eigenvalue weighted by atomic mass is 32.2. The van der Waals surface area contributed by atoms with E-state index in [2.05, 4.69) is 10.00 Å². The predicted octanol–water partition coefficient (Wildman–Crippen LogP) is 6.25. The molecule has 1 atom stereocenters. The lowest BCUT2D eigenvalue weighted by molar-refractivity contribution is -0.143. The van der Waals surface area contributed by atoms with E-state index in [0.29, 0.717) is 39.9 Å². The summed E-state index contributed by atoms with van der Waals surface area (Å²) < 4.78 is 81.1. The van der Waals surface area contributed by atoms with Gasteiger partial charge in [-0.3, -0.25) is 19.2 Å². The molecule has 210 valence electrons. The molecule has 1 aromatic heterocycles. The van der Waals surface area contributed by atoms with Crippen LogP contribution in [0.5, 0.6) is 0 Å². The van der Waals surface area contributed by atoms with Crippen LogP contribution in [0, 0.1) is 5.92 Å². The standard InChI is InChI=1S/C27H22F6N4O2S/c28-26(29,30)19-3-2-17(20(11-19)27(31,32)33)13-36-21-4-1-15(9-18(21)12-34-36)10-23-24(38)37(25(39)40-23)22-14-35-7-5-16(22)6-8-35/h1-4,9-12,16,22H,5-8,13-14H2/b23-10-. The number of nitrogens with zero attached hydrogens (tertiary/aromatic N) is 4. The number of halogens is 6. The Kier molecular flexibility index (Phi) is 6.49. The monoisotopic (exact) mass is 580 g/mol. The average molecular weight is 581 g/mol. The normalized spacial score (nSPS) is 24.6. The van der Waals surface area contributed by atoms with Crippen LogP contribution >= 0.6 is 11.8 Å². The van der Waals surface area contributed by atoms with Gasteiger partial charge in [-0.05, 0) is 85.1 Å². The van der Waals surface area contributed by atoms with E-state index in [4.69, 9.17) is 0 Å². The highest BCUT2D eigenvalue weighted by molar-refractivity contribution is 8.18. The number of piperidine rings is 3. The minimum Gasteiger partial charge on any atom is -0.301 e. The van der Waals surface area contributed by atoms with Gasteiger partial charge in [-0.2, -0.15) is 31.4 Å². The summed E-state index contributed by atoms with van der Waals surface area (Å²) in [5, 5.41) is 4.42. The van der Waals surface area contributed by atoms with Gasteiger partial charge in [0.1, 0.15) is 0 Å². The smallest absolute Gasteiger partial charge is 0.301 e. The van der Waals surface area contributed by atoms with Gasteiger partial charge in [-0.15, -0.1) is 0 Å². The van der Waals surface area contributed by atoms with Crippen molar-refractivity contribution in [3.63, 3.8) is 0 Å². The number of aromatic nitrogens is 2. The molecule has 0 N–H and O–H groups in total. The van der Waals surface area contributed by atoms with E-state index in [9.17, 15) is 35.9 Å². The molecule has 2 amide bonds. The first-order chi connectivity index (χ1) is 18.9. The first-order valence-electron chi connectivity index (χ1n) is 12.6. The number of thioether (sulfide) groups is 1. The molecule has 0 saturated carbocycles. The molecule has 2 bridgehead atoms. The summed E-state index contributed by atoms with van der Waals surface area (Å²) in [6.45, 7) is 2.26. The van der Waals surface area contributed by atoms with Crippen molar-refractivity contribution in [3.05, 3.63) is 69.8 Å². The Labute approximate surface area is 228 Å². The van der Waals surface area contributed by atoms with Crippen molar-refractivity contribution in [1.82, 2.24) is 19.6 Å². The van der Waals surface area contributed by atoms with E-state index < -0.39 is 30.0 Å². The zero-order valence-corrected chi connectivity index (χ0v) is 21.6. The molecule has 3 aromatic rings. The van der Waals surface area contributed by atoms with Gasteiger partial charge in [0.05, 0.1) is 40.3 Å². The van der Waals surface area contributed by atoms with E-state index in [-0.39, 0.29) is 28.8 Å². The van der Waals surface area contributed by atoms with Gasteiger partial charge in [0, 0.05) is 11.9 Å². The molecule has 2 aromatic carbocycles. The molecule has 7 rings (SSSR count). The Bertz CT molecular complexity index is 1540. The van der Waals surface area contributed by atoms with Crippen molar-refractivity contribution >= 4 is 39.9 Å². The lowest BCUT2D eigenvalue weighted by Crippen LogP contribution is -2.58. The number of rotatable bonds is 4. The number of benzene rings is 2. The number of alkyl halides is 6. The Balaban J connectivity index is 1.25. The van der Waals surface area contributed by atoms with E-state index in [1.54, 1.807) is 24.3 Å². The van der Waals surface area contributed by atoms with Gasteiger partial charge in [-0.1, -0.05) is 12.1 Å². The Morgan fingerprint density at radius 1 is 0.975 bits per heavy atom. The number of carbonyl (C=O) groups is 2. The van der Waals surface area contributed by atoms with Crippen molar-refractivity contribution in [2.45, 2.75) is 37.8 Å². The fourth-order valence-electron chi connectivity index (χ4n) is 5.78. The summed E-state index contributed by atoms with van der Waals surface area (Å²) >= 11 is 0.889. The molecule has 4 saturated heterocycles. The number of fused-ring (bicyclic) bond motifs is 4. The quantitative estimate of drug-likeness (QED) is 0.270. The molecule has 0 radical (unpaired) electrons. The van der Waals surface area contributed by atoms with Crippen LogP contribution in [0.25, 0.3) is 17.0 Å². The minimum absolute atomic E-state index is 0.113. The summed E-state index contributed by atoms with van der Waals surface area (Å²) in [6, 6.07) is 6.38. The van der Waals surface area contributed by atoms with Crippen molar-refractivity contribution in [1.29, 1.82) is 0 Å². The zero-order chi connectivity index (χ0) is 28.4. The van der Waals surface area contributed by atoms with Gasteiger partial charge in [0.25, 0.3) is 11.1 Å². The summed E-state index contributed by atoms with van der Waals surface area (Å²) in [5.41, 5.74) is -2.03. The maximum atomic E-state index is 13.6. The largest absolute Gasteiger partial charge is 0.416 e. The highest BCUT2D eigenvalue weighted by Crippen LogP contribution is 2.40. The second-order valence-corrected chi connectivity index (χ2v) is 11.2. The molecule has 0 spiro atoms. The number of hydrogen-bond donors (Lipinski definition) is 0. The van der Waals surface area contributed by atoms with Crippen LogP contribution in [0.4, 0.5) is 31.1 Å². The third kappa shape index (κ3) is 4.89. The Morgan fingerprint density at radius 3 is 2.38 bits per heavy atom. The maximum absolute atomic E-state index is 13.6. The molecular formula is C27H22F6N4O2S. The minimum atomic E-state index is -4.98. The van der Waals surface area contributed by atoms with Crippen LogP contribution in [0.1, 0.15) is 35.1 Å². The fraction of sp³-hybridized carbons (Fsp3) is 0.370. The molecule has 40 heavy (non-hydrogen) atoms. The molecule has 4 fully saturated rings. The molecule has 13 heteroatoms. The maximum Gasteiger partial charge on any atom is 0.416 e. The molecule has 4 aliphatic rings. The zero-order valence-electron chi connectivity index (χ0n) is 20.8. The van der Waals surface area contributed by atoms with Crippen LogP contribution < -0.4 is 0 Å². The molecule has 4 aliphatic heterocycles. The van der Waals surface area contributed by atoms with Gasteiger partial charge < -0.3 is 4.90 Å². The van der Waals surface area contributed by atoms with Crippen molar-refractivity contribution in [3.8, 4) is 0 Å². The highest BCUT2D eigenvalue weighted by Gasteiger charge is 2.46. The Morgan fingerprint density at radius 2 is 1.73 bits per heavy atom. The first kappa shape index (κ1) is 26.9. The van der Waals surface area contributed by atoms with Crippen molar-refractivity contribution < 1.29 is 35.9 Å². The summed E-state index contributed by atoms with van der Waals surface area (Å²) in [6.07, 6.45) is -4.92. The van der Waals surface area contributed by atoms with E-state index >= 15 is 0 Å². The van der Waals surface area contributed by atoms with Crippen LogP contribution in [0.15, 0.2) is 47.5 Å². The van der Waals surface area contributed by atoms with Crippen LogP contribution in [0.2, 0.25) is 0 Å². The molecule has 0 aliphatic carbocycles. The van der Waals surface area contributed by atoms with Crippen LogP contribution in [-0.4, -0.2) is 56.4 Å². The second kappa shape index (κ2) is 9.65. The predicted molar refractivity (Wildman–Crippen MR) is 136 cm³/mol. The van der Waals surface area contributed by atoms with Crippen LogP contribution in [0.3, 0.4) is 0 Å². The summed E-state index contributed by atoms with van der Waals surface area (Å²) in [7, 11) is 0. The Hall–Kier alpha value is -3.32. The second-order valence-electron chi connectivity index (χ2n) is 10.2. The average Bonchev–Trinajstić information content (AvgIpc) is 3.42. The van der Waals surface area contributed by atoms with Gasteiger partial charge in [0.15, 0.2) is 0 Å². The number of carbonyl (C=O) groups excluding carboxylic acids is 2. The van der Waals surface area contributed by atoms with E-state index in [1.165, 1.54) is 15.8 Å². The summed E-state index contributed by atoms with van der Waals surface area (Å²) in [5.74, 6) is -0.0194. The lowest BCUT2D eigenvalue weighted by Gasteiger charge is -2.47. The van der Waals surface area contributed by atoms with Crippen molar-refractivity contribution in [2.75, 3.05) is 19.6 Å². The lowest BCUT2D eigenvalue weighted by atomic mass is 9.83. The third-order valence-electron chi connectivity index (χ3n) is 7.80. The molecular weight excluding hydrogens is 558 g/mol. The molecule has 1 unspecified atom stereocenters. The third-order valence-corrected chi connectivity index (χ3v) is 8.69. The summed E-state index contributed by atoms with van der Waals surface area (Å²) in [4.78, 5) is 29.9. The fourth-order valence-corrected chi connectivity index (χ4v) is 6.67. The van der Waals surface area contributed by atoms with Gasteiger partial charge in [0.2, 0.25) is 0 Å². The number of hydrogen-bond acceptors (Lipinski definition) is 5. The first-order valence-corrected chi connectivity index (χ1v) is 13.4. The molecule has 5 heterocycles. The SMILES string of the molecule is O=C1S/C(=C\c2ccc3c(cnn3Cc3ccc(C(F)(F)F)cc3C(F)(F)F)c2)C(=O)N1C1CN2CCC1CC2. The van der Waals surface area contributed by atoms with Gasteiger partial charge in [-0.25, -0.2) is 0 Å². The van der Waals surface area contributed by atoms with E-state index in [1.807, 2.05) is 0 Å². The van der Waals surface area contributed by atoms with E-state index in [0.717, 1.165) is 43.8 Å². The topological polar surface area (TPSA) is 58.4 Å². The van der Waals surface area contributed by atoms with Gasteiger partial charge >= 0.3 is 12.4 Å². The number of amides is 2. The van der Waals surface area contributed by atoms with Crippen LogP contribution in [-0.2, 0) is 23.7 Å².